The molecule has 0 aliphatic carbocycles. The van der Waals surface area contributed by atoms with E-state index in [9.17, 15) is 4.79 Å². The van der Waals surface area contributed by atoms with Crippen molar-refractivity contribution in [3.8, 4) is 0 Å². The molecule has 82 valence electrons. The van der Waals surface area contributed by atoms with Gasteiger partial charge in [-0.2, -0.15) is 0 Å². The molecule has 2 heterocycles. The number of halogens is 2. The van der Waals surface area contributed by atoms with Crippen LogP contribution >= 0.6 is 38.9 Å². The number of nitrogens with zero attached hydrogens (tertiary/aromatic N) is 2. The molecule has 0 atom stereocenters. The maximum Gasteiger partial charge on any atom is 0.269 e. The van der Waals surface area contributed by atoms with E-state index in [1.807, 2.05) is 5.38 Å². The summed E-state index contributed by atoms with van der Waals surface area (Å²) >= 11 is 10.3. The molecular formula is C9H5BrClN3OS. The minimum Gasteiger partial charge on any atom is -0.290 e. The van der Waals surface area contributed by atoms with E-state index in [2.05, 4.69) is 31.2 Å². The molecule has 0 aliphatic rings. The van der Waals surface area contributed by atoms with E-state index in [-0.39, 0.29) is 17.0 Å². The second-order valence-electron chi connectivity index (χ2n) is 2.75. The number of amides is 1. The maximum atomic E-state index is 11.8. The van der Waals surface area contributed by atoms with Crippen LogP contribution in [0, 0.1) is 0 Å². The van der Waals surface area contributed by atoms with Crippen molar-refractivity contribution in [2.45, 2.75) is 0 Å². The van der Waals surface area contributed by atoms with E-state index in [0.717, 1.165) is 4.47 Å². The molecule has 7 heteroatoms. The van der Waals surface area contributed by atoms with Crippen LogP contribution in [0.1, 0.15) is 9.67 Å². The number of hydrogen-bond acceptors (Lipinski definition) is 4. The molecule has 0 aliphatic heterocycles. The fourth-order valence-corrected chi connectivity index (χ4v) is 2.59. The summed E-state index contributed by atoms with van der Waals surface area (Å²) in [6.07, 6.45) is 1.48. The lowest BCUT2D eigenvalue weighted by molar-refractivity contribution is 0.102. The predicted octanol–water partition coefficient (Wildman–Crippen LogP) is 3.21. The molecule has 2 aromatic heterocycles. The van der Waals surface area contributed by atoms with Crippen LogP contribution in [0.5, 0.6) is 0 Å². The molecule has 2 aromatic rings. The monoisotopic (exact) mass is 317 g/mol. The van der Waals surface area contributed by atoms with Crippen LogP contribution in [-0.2, 0) is 0 Å². The van der Waals surface area contributed by atoms with Crippen LogP contribution < -0.4 is 5.32 Å². The van der Waals surface area contributed by atoms with Crippen LogP contribution in [0.3, 0.4) is 0 Å². The normalized spacial score (nSPS) is 10.1. The zero-order valence-electron chi connectivity index (χ0n) is 7.78. The van der Waals surface area contributed by atoms with Crippen molar-refractivity contribution in [3.05, 3.63) is 38.2 Å². The number of carbonyl (C=O) groups excluding carboxylic acids is 1. The molecule has 2 rings (SSSR count). The van der Waals surface area contributed by atoms with Crippen molar-refractivity contribution in [3.63, 3.8) is 0 Å². The standard InChI is InChI=1S/C9H5BrClN3OS/c10-5-2-4-16-7(5)8(15)14-9-12-3-1-6(11)13-9/h1-4H,(H,12,13,14,15). The molecule has 1 N–H and O–H groups in total. The Bertz CT molecular complexity index is 531. The number of aromatic nitrogens is 2. The second-order valence-corrected chi connectivity index (χ2v) is 4.91. The first-order valence-corrected chi connectivity index (χ1v) is 6.25. The highest BCUT2D eigenvalue weighted by Gasteiger charge is 2.12. The first-order chi connectivity index (χ1) is 7.66. The van der Waals surface area contributed by atoms with Gasteiger partial charge in [0.2, 0.25) is 5.95 Å². The quantitative estimate of drug-likeness (QED) is 0.865. The van der Waals surface area contributed by atoms with Crippen molar-refractivity contribution in [2.24, 2.45) is 0 Å². The van der Waals surface area contributed by atoms with Crippen LogP contribution in [0.2, 0.25) is 5.15 Å². The molecule has 1 amide bonds. The average Bonchev–Trinajstić information content (AvgIpc) is 2.64. The van der Waals surface area contributed by atoms with Crippen LogP contribution in [-0.4, -0.2) is 15.9 Å². The number of nitrogens with one attached hydrogen (secondary N) is 1. The molecule has 0 fully saturated rings. The number of anilines is 1. The molecule has 0 bridgehead atoms. The molecule has 0 saturated heterocycles. The van der Waals surface area contributed by atoms with Gasteiger partial charge in [0.25, 0.3) is 5.91 Å². The topological polar surface area (TPSA) is 54.9 Å². The van der Waals surface area contributed by atoms with Gasteiger partial charge in [-0.05, 0) is 33.4 Å². The Balaban J connectivity index is 2.17. The molecule has 0 unspecified atom stereocenters. The second kappa shape index (κ2) is 4.90. The zero-order chi connectivity index (χ0) is 11.5. The number of thiophene rings is 1. The van der Waals surface area contributed by atoms with Crippen LogP contribution in [0.15, 0.2) is 28.2 Å². The van der Waals surface area contributed by atoms with Gasteiger partial charge in [-0.3, -0.25) is 10.1 Å². The van der Waals surface area contributed by atoms with Crippen molar-refractivity contribution < 1.29 is 4.79 Å². The van der Waals surface area contributed by atoms with Crippen molar-refractivity contribution in [1.82, 2.24) is 9.97 Å². The Kier molecular flexibility index (Phi) is 3.52. The lowest BCUT2D eigenvalue weighted by atomic mass is 10.4. The lowest BCUT2D eigenvalue weighted by Gasteiger charge is -2.01. The van der Waals surface area contributed by atoms with Gasteiger partial charge in [0.05, 0.1) is 0 Å². The van der Waals surface area contributed by atoms with Crippen molar-refractivity contribution in [2.75, 3.05) is 5.32 Å². The zero-order valence-corrected chi connectivity index (χ0v) is 10.9. The summed E-state index contributed by atoms with van der Waals surface area (Å²) in [5.74, 6) is -0.0676. The van der Waals surface area contributed by atoms with Gasteiger partial charge in [0.1, 0.15) is 10.0 Å². The minimum atomic E-state index is -0.260. The maximum absolute atomic E-state index is 11.8. The van der Waals surface area contributed by atoms with Gasteiger partial charge in [0, 0.05) is 10.7 Å². The van der Waals surface area contributed by atoms with Crippen LogP contribution in [0.4, 0.5) is 5.95 Å². The Morgan fingerprint density at radius 3 is 2.94 bits per heavy atom. The minimum absolute atomic E-state index is 0.192. The van der Waals surface area contributed by atoms with E-state index in [1.165, 1.54) is 23.6 Å². The number of rotatable bonds is 2. The highest BCUT2D eigenvalue weighted by molar-refractivity contribution is 9.10. The first kappa shape index (κ1) is 11.5. The molecule has 0 spiro atoms. The molecular weight excluding hydrogens is 314 g/mol. The molecule has 0 aromatic carbocycles. The summed E-state index contributed by atoms with van der Waals surface area (Å²) in [6.45, 7) is 0. The third-order valence-electron chi connectivity index (χ3n) is 1.67. The predicted molar refractivity (Wildman–Crippen MR) is 67.0 cm³/mol. The van der Waals surface area contributed by atoms with Gasteiger partial charge in [-0.25, -0.2) is 9.97 Å². The third-order valence-corrected chi connectivity index (χ3v) is 3.72. The Morgan fingerprint density at radius 1 is 1.50 bits per heavy atom. The fourth-order valence-electron chi connectivity index (χ4n) is 1.01. The fraction of sp³-hybridized carbons (Fsp3) is 0. The highest BCUT2D eigenvalue weighted by Crippen LogP contribution is 2.23. The number of carbonyl (C=O) groups is 1. The first-order valence-electron chi connectivity index (χ1n) is 4.19. The summed E-state index contributed by atoms with van der Waals surface area (Å²) in [5, 5.41) is 4.67. The van der Waals surface area contributed by atoms with Crippen LogP contribution in [0.25, 0.3) is 0 Å². The van der Waals surface area contributed by atoms with E-state index < -0.39 is 0 Å². The third kappa shape index (κ3) is 2.58. The number of hydrogen-bond donors (Lipinski definition) is 1. The van der Waals surface area contributed by atoms with Crippen molar-refractivity contribution in [1.29, 1.82) is 0 Å². The Hall–Kier alpha value is -0.980. The summed E-state index contributed by atoms with van der Waals surface area (Å²) in [4.78, 5) is 20.1. The SMILES string of the molecule is O=C(Nc1nccc(Cl)n1)c1sccc1Br. The Labute approximate surface area is 109 Å². The summed E-state index contributed by atoms with van der Waals surface area (Å²) in [7, 11) is 0. The van der Waals surface area contributed by atoms with Gasteiger partial charge in [0.15, 0.2) is 0 Å². The highest BCUT2D eigenvalue weighted by atomic mass is 79.9. The summed E-state index contributed by atoms with van der Waals surface area (Å²) in [6, 6.07) is 3.34. The molecule has 4 nitrogen and oxygen atoms in total. The van der Waals surface area contributed by atoms with Gasteiger partial charge in [-0.15, -0.1) is 11.3 Å². The smallest absolute Gasteiger partial charge is 0.269 e. The van der Waals surface area contributed by atoms with Gasteiger partial charge in [-0.1, -0.05) is 11.6 Å². The molecule has 0 saturated carbocycles. The van der Waals surface area contributed by atoms with E-state index in [1.54, 1.807) is 6.07 Å². The molecule has 0 radical (unpaired) electrons. The van der Waals surface area contributed by atoms with Gasteiger partial charge < -0.3 is 0 Å². The summed E-state index contributed by atoms with van der Waals surface area (Å²) in [5.41, 5.74) is 0. The van der Waals surface area contributed by atoms with Crippen molar-refractivity contribution >= 4 is 50.7 Å². The van der Waals surface area contributed by atoms with E-state index in [0.29, 0.717) is 4.88 Å². The van der Waals surface area contributed by atoms with Gasteiger partial charge >= 0.3 is 0 Å². The summed E-state index contributed by atoms with van der Waals surface area (Å²) < 4.78 is 0.747. The van der Waals surface area contributed by atoms with E-state index in [4.69, 9.17) is 11.6 Å². The Morgan fingerprint density at radius 2 is 2.31 bits per heavy atom. The average molecular weight is 319 g/mol. The lowest BCUT2D eigenvalue weighted by Crippen LogP contribution is -2.13. The molecule has 16 heavy (non-hydrogen) atoms. The largest absolute Gasteiger partial charge is 0.290 e. The van der Waals surface area contributed by atoms with E-state index >= 15 is 0 Å².